The number of ether oxygens (including phenoxy) is 1. The molecule has 4 amide bonds. The van der Waals surface area contributed by atoms with Crippen molar-refractivity contribution in [2.24, 2.45) is 5.73 Å². The third kappa shape index (κ3) is 8.43. The van der Waals surface area contributed by atoms with Gasteiger partial charge in [-0.05, 0) is 28.3 Å². The molecule has 5 N–H and O–H groups in total. The van der Waals surface area contributed by atoms with Crippen LogP contribution >= 0.6 is 0 Å². The summed E-state index contributed by atoms with van der Waals surface area (Å²) in [5.74, 6) is -2.33. The van der Waals surface area contributed by atoms with E-state index in [-0.39, 0.29) is 19.6 Å². The molecule has 37 heavy (non-hydrogen) atoms. The van der Waals surface area contributed by atoms with Crippen LogP contribution in [0.5, 0.6) is 0 Å². The number of carbonyl (C=O) groups is 4. The molecule has 0 bridgehead atoms. The first-order chi connectivity index (χ1) is 17.9. The average Bonchev–Trinajstić information content (AvgIpc) is 2.90. The zero-order chi connectivity index (χ0) is 26.6. The predicted molar refractivity (Wildman–Crippen MR) is 140 cm³/mol. The fraction of sp³-hybridized carbons (Fsp3) is 0.286. The molecule has 0 aliphatic carbocycles. The summed E-state index contributed by atoms with van der Waals surface area (Å²) in [4.78, 5) is 49.9. The summed E-state index contributed by atoms with van der Waals surface area (Å²) in [5.41, 5.74) is 7.20. The number of rotatable bonds is 13. The van der Waals surface area contributed by atoms with Crippen molar-refractivity contribution >= 4 is 34.4 Å². The summed E-state index contributed by atoms with van der Waals surface area (Å²) in [6.07, 6.45) is 0.195. The third-order valence-electron chi connectivity index (χ3n) is 5.84. The van der Waals surface area contributed by atoms with E-state index in [1.165, 1.54) is 7.11 Å². The number of methoxy groups -OCH3 is 1. The minimum atomic E-state index is -1.22. The molecule has 0 fully saturated rings. The highest BCUT2D eigenvalue weighted by atomic mass is 16.5. The molecule has 2 atom stereocenters. The molecule has 0 aliphatic heterocycles. The molecule has 0 saturated carbocycles. The highest BCUT2D eigenvalue weighted by Crippen LogP contribution is 2.18. The number of hydrogen-bond acceptors (Lipinski definition) is 5. The minimum Gasteiger partial charge on any atom is -0.382 e. The van der Waals surface area contributed by atoms with Crippen molar-refractivity contribution in [3.63, 3.8) is 0 Å². The van der Waals surface area contributed by atoms with Crippen LogP contribution in [0.4, 0.5) is 0 Å². The second kappa shape index (κ2) is 13.7. The van der Waals surface area contributed by atoms with Crippen LogP contribution in [0.3, 0.4) is 0 Å². The summed E-state index contributed by atoms with van der Waals surface area (Å²) in [6.45, 7) is 0.148. The van der Waals surface area contributed by atoms with Crippen LogP contribution in [0.15, 0.2) is 72.8 Å². The first-order valence-electron chi connectivity index (χ1n) is 12.0. The minimum absolute atomic E-state index is 0.0989. The Labute approximate surface area is 215 Å². The normalized spacial score (nSPS) is 12.4. The topological polar surface area (TPSA) is 140 Å². The SMILES string of the molecule is COC[C@H](NC(=O)[C@H](CC(N)=O)NC(=O)CCc1ccccc1)C(=O)NCc1cccc2ccccc12. The summed E-state index contributed by atoms with van der Waals surface area (Å²) < 4.78 is 5.12. The maximum atomic E-state index is 13.0. The van der Waals surface area contributed by atoms with Gasteiger partial charge in [-0.3, -0.25) is 19.2 Å². The Hall–Kier alpha value is -4.24. The summed E-state index contributed by atoms with van der Waals surface area (Å²) >= 11 is 0. The second-order valence-electron chi connectivity index (χ2n) is 8.65. The molecule has 0 spiro atoms. The van der Waals surface area contributed by atoms with Crippen molar-refractivity contribution in [3.05, 3.63) is 83.9 Å². The van der Waals surface area contributed by atoms with Crippen molar-refractivity contribution < 1.29 is 23.9 Å². The van der Waals surface area contributed by atoms with Gasteiger partial charge in [-0.1, -0.05) is 72.8 Å². The number of nitrogens with two attached hydrogens (primary N) is 1. The molecule has 9 nitrogen and oxygen atoms in total. The summed E-state index contributed by atoms with van der Waals surface area (Å²) in [6, 6.07) is 20.8. The van der Waals surface area contributed by atoms with Gasteiger partial charge in [0.25, 0.3) is 0 Å². The van der Waals surface area contributed by atoms with Crippen LogP contribution in [0.25, 0.3) is 10.8 Å². The van der Waals surface area contributed by atoms with Gasteiger partial charge in [-0.2, -0.15) is 0 Å². The lowest BCUT2D eigenvalue weighted by molar-refractivity contribution is -0.134. The fourth-order valence-corrected chi connectivity index (χ4v) is 3.95. The molecule has 0 radical (unpaired) electrons. The molecular formula is C28H32N4O5. The molecule has 3 rings (SSSR count). The lowest BCUT2D eigenvalue weighted by Gasteiger charge is -2.22. The van der Waals surface area contributed by atoms with Crippen LogP contribution in [0, 0.1) is 0 Å². The Bertz CT molecular complexity index is 1230. The van der Waals surface area contributed by atoms with Gasteiger partial charge in [0.15, 0.2) is 0 Å². The van der Waals surface area contributed by atoms with Gasteiger partial charge in [0, 0.05) is 20.1 Å². The maximum absolute atomic E-state index is 13.0. The molecule has 3 aromatic rings. The smallest absolute Gasteiger partial charge is 0.245 e. The van der Waals surface area contributed by atoms with E-state index in [0.717, 1.165) is 21.9 Å². The number of hydrogen-bond donors (Lipinski definition) is 4. The average molecular weight is 505 g/mol. The van der Waals surface area contributed by atoms with E-state index in [1.54, 1.807) is 0 Å². The van der Waals surface area contributed by atoms with Gasteiger partial charge in [0.05, 0.1) is 13.0 Å². The van der Waals surface area contributed by atoms with E-state index >= 15 is 0 Å². The van der Waals surface area contributed by atoms with Gasteiger partial charge in [-0.15, -0.1) is 0 Å². The van der Waals surface area contributed by atoms with Crippen molar-refractivity contribution in [2.45, 2.75) is 37.9 Å². The Morgan fingerprint density at radius 2 is 1.54 bits per heavy atom. The number of carbonyl (C=O) groups excluding carboxylic acids is 4. The standard InChI is InChI=1S/C28H32N4O5/c1-37-18-24(27(35)30-17-21-12-7-11-20-10-5-6-13-22(20)21)32-28(36)23(16-25(29)33)31-26(34)15-14-19-8-3-2-4-9-19/h2-13,23-24H,14-18H2,1H3,(H2,29,33)(H,30,35)(H,31,34)(H,32,36)/t23-,24-/m0/s1. The highest BCUT2D eigenvalue weighted by molar-refractivity contribution is 5.95. The van der Waals surface area contributed by atoms with Crippen LogP contribution in [-0.4, -0.2) is 49.4 Å². The van der Waals surface area contributed by atoms with Gasteiger partial charge in [0.1, 0.15) is 12.1 Å². The molecule has 0 aromatic heterocycles. The van der Waals surface area contributed by atoms with Crippen LogP contribution < -0.4 is 21.7 Å². The molecule has 3 aromatic carbocycles. The van der Waals surface area contributed by atoms with E-state index in [4.69, 9.17) is 10.5 Å². The number of nitrogens with one attached hydrogen (secondary N) is 3. The summed E-state index contributed by atoms with van der Waals surface area (Å²) in [7, 11) is 1.41. The Morgan fingerprint density at radius 3 is 2.27 bits per heavy atom. The van der Waals surface area contributed by atoms with Gasteiger partial charge >= 0.3 is 0 Å². The van der Waals surface area contributed by atoms with Gasteiger partial charge in [0.2, 0.25) is 23.6 Å². The van der Waals surface area contributed by atoms with Crippen LogP contribution in [0.1, 0.15) is 24.0 Å². The fourth-order valence-electron chi connectivity index (χ4n) is 3.95. The first-order valence-corrected chi connectivity index (χ1v) is 12.0. The van der Waals surface area contributed by atoms with Crippen molar-refractivity contribution in [1.29, 1.82) is 0 Å². The Balaban J connectivity index is 1.61. The van der Waals surface area contributed by atoms with Crippen LogP contribution in [-0.2, 0) is 36.9 Å². The quantitative estimate of drug-likeness (QED) is 0.280. The molecular weight excluding hydrogens is 472 g/mol. The zero-order valence-corrected chi connectivity index (χ0v) is 20.7. The van der Waals surface area contributed by atoms with E-state index in [2.05, 4.69) is 16.0 Å². The Kier molecular flexibility index (Phi) is 10.2. The lowest BCUT2D eigenvalue weighted by atomic mass is 10.0. The van der Waals surface area contributed by atoms with E-state index in [9.17, 15) is 19.2 Å². The molecule has 0 aliphatic rings. The van der Waals surface area contributed by atoms with Gasteiger partial charge in [-0.25, -0.2) is 0 Å². The number of amides is 4. The first kappa shape index (κ1) is 27.3. The van der Waals surface area contributed by atoms with E-state index in [0.29, 0.717) is 6.42 Å². The molecule has 0 heterocycles. The van der Waals surface area contributed by atoms with E-state index < -0.39 is 42.1 Å². The maximum Gasteiger partial charge on any atom is 0.245 e. The monoisotopic (exact) mass is 504 g/mol. The number of aryl methyl sites for hydroxylation is 1. The van der Waals surface area contributed by atoms with Crippen LogP contribution in [0.2, 0.25) is 0 Å². The van der Waals surface area contributed by atoms with Crippen molar-refractivity contribution in [1.82, 2.24) is 16.0 Å². The van der Waals surface area contributed by atoms with E-state index in [1.807, 2.05) is 72.8 Å². The number of fused-ring (bicyclic) bond motifs is 1. The second-order valence-corrected chi connectivity index (χ2v) is 8.65. The zero-order valence-electron chi connectivity index (χ0n) is 20.7. The van der Waals surface area contributed by atoms with Gasteiger partial charge < -0.3 is 26.4 Å². The lowest BCUT2D eigenvalue weighted by Crippen LogP contribution is -2.55. The molecule has 9 heteroatoms. The molecule has 0 saturated heterocycles. The molecule has 0 unspecified atom stereocenters. The Morgan fingerprint density at radius 1 is 0.838 bits per heavy atom. The largest absolute Gasteiger partial charge is 0.382 e. The van der Waals surface area contributed by atoms with Crippen molar-refractivity contribution in [2.75, 3.05) is 13.7 Å². The highest BCUT2D eigenvalue weighted by Gasteiger charge is 2.28. The number of benzene rings is 3. The summed E-state index contributed by atoms with van der Waals surface area (Å²) in [5, 5.41) is 10.0. The van der Waals surface area contributed by atoms with Crippen molar-refractivity contribution in [3.8, 4) is 0 Å². The third-order valence-corrected chi connectivity index (χ3v) is 5.84. The molecule has 194 valence electrons. The number of primary amides is 1. The predicted octanol–water partition coefficient (Wildman–Crippen LogP) is 1.58.